The highest BCUT2D eigenvalue weighted by atomic mass is 32.2. The van der Waals surface area contributed by atoms with Crippen LogP contribution in [0.1, 0.15) is 21.5 Å². The minimum absolute atomic E-state index is 0.114. The fourth-order valence-electron chi connectivity index (χ4n) is 3.15. The van der Waals surface area contributed by atoms with E-state index in [2.05, 4.69) is 5.92 Å². The average Bonchev–Trinajstić information content (AvgIpc) is 3.06. The Morgan fingerprint density at radius 1 is 1.26 bits per heavy atom. The van der Waals surface area contributed by atoms with Crippen LogP contribution in [0.15, 0.2) is 42.5 Å². The number of benzene rings is 2. The zero-order valence-corrected chi connectivity index (χ0v) is 15.7. The van der Waals surface area contributed by atoms with Gasteiger partial charge in [0.15, 0.2) is 0 Å². The van der Waals surface area contributed by atoms with E-state index in [1.807, 2.05) is 0 Å². The van der Waals surface area contributed by atoms with E-state index in [0.717, 1.165) is 11.1 Å². The maximum Gasteiger partial charge on any atom is 0.254 e. The van der Waals surface area contributed by atoms with E-state index < -0.39 is 10.0 Å². The van der Waals surface area contributed by atoms with Crippen LogP contribution in [0.2, 0.25) is 0 Å². The molecule has 0 saturated carbocycles. The first-order valence-corrected chi connectivity index (χ1v) is 10.2. The summed E-state index contributed by atoms with van der Waals surface area (Å²) >= 11 is 0. The predicted octanol–water partition coefficient (Wildman–Crippen LogP) is 2.42. The zero-order valence-electron chi connectivity index (χ0n) is 14.9. The maximum atomic E-state index is 13.1. The van der Waals surface area contributed by atoms with Gasteiger partial charge in [-0.25, -0.2) is 12.8 Å². The second-order valence-electron chi connectivity index (χ2n) is 6.42. The molecule has 5 nitrogen and oxygen atoms in total. The number of sulfonamides is 1. The van der Waals surface area contributed by atoms with Crippen LogP contribution < -0.4 is 4.31 Å². The summed E-state index contributed by atoms with van der Waals surface area (Å²) < 4.78 is 38.1. The summed E-state index contributed by atoms with van der Waals surface area (Å²) in [6, 6.07) is 10.9. The lowest BCUT2D eigenvalue weighted by atomic mass is 10.1. The number of terminal acetylenes is 1. The highest BCUT2D eigenvalue weighted by Crippen LogP contribution is 2.31. The highest BCUT2D eigenvalue weighted by molar-refractivity contribution is 7.92. The van der Waals surface area contributed by atoms with Crippen LogP contribution in [0.25, 0.3) is 0 Å². The number of hydrogen-bond acceptors (Lipinski definition) is 3. The van der Waals surface area contributed by atoms with Crippen LogP contribution in [0.3, 0.4) is 0 Å². The molecule has 1 heterocycles. The van der Waals surface area contributed by atoms with Crippen molar-refractivity contribution in [3.05, 3.63) is 65.0 Å². The van der Waals surface area contributed by atoms with Crippen molar-refractivity contribution in [1.29, 1.82) is 0 Å². The fraction of sp³-hybridized carbons (Fsp3) is 0.250. The summed E-state index contributed by atoms with van der Waals surface area (Å²) in [7, 11) is -3.34. The molecule has 0 bridgehead atoms. The largest absolute Gasteiger partial charge is 0.323 e. The van der Waals surface area contributed by atoms with Gasteiger partial charge < -0.3 is 4.90 Å². The molecule has 7 heteroatoms. The molecule has 0 spiro atoms. The maximum absolute atomic E-state index is 13.1. The molecule has 0 atom stereocenters. The molecule has 1 amide bonds. The first-order valence-electron chi connectivity index (χ1n) is 8.37. The van der Waals surface area contributed by atoms with Gasteiger partial charge in [0, 0.05) is 18.7 Å². The van der Waals surface area contributed by atoms with E-state index in [-0.39, 0.29) is 24.8 Å². The molecule has 2 aromatic rings. The Kier molecular flexibility index (Phi) is 5.19. The molecule has 2 aromatic carbocycles. The number of fused-ring (bicyclic) bond motifs is 1. The minimum atomic E-state index is -3.34. The van der Waals surface area contributed by atoms with Gasteiger partial charge in [0.05, 0.1) is 18.5 Å². The van der Waals surface area contributed by atoms with E-state index in [9.17, 15) is 17.6 Å². The summed E-state index contributed by atoms with van der Waals surface area (Å²) in [5.41, 5.74) is 2.63. The molecule has 0 radical (unpaired) electrons. The SMILES string of the molecule is C#CCN(Cc1ccc(F)cc1)C(=O)c1ccc2c(c1)CCN2S(C)(=O)=O. The van der Waals surface area contributed by atoms with Crippen LogP contribution in [0, 0.1) is 18.2 Å². The molecule has 0 aromatic heterocycles. The van der Waals surface area contributed by atoms with E-state index >= 15 is 0 Å². The predicted molar refractivity (Wildman–Crippen MR) is 102 cm³/mol. The lowest BCUT2D eigenvalue weighted by Crippen LogP contribution is -2.31. The third kappa shape index (κ3) is 4.12. The second kappa shape index (κ2) is 7.41. The van der Waals surface area contributed by atoms with Crippen LogP contribution in [-0.4, -0.2) is 38.6 Å². The number of amides is 1. The van der Waals surface area contributed by atoms with Gasteiger partial charge in [-0.05, 0) is 47.9 Å². The van der Waals surface area contributed by atoms with Crippen molar-refractivity contribution in [3.8, 4) is 12.3 Å². The van der Waals surface area contributed by atoms with Gasteiger partial charge >= 0.3 is 0 Å². The molecule has 0 N–H and O–H groups in total. The number of nitrogens with zero attached hydrogens (tertiary/aromatic N) is 2. The summed E-state index contributed by atoms with van der Waals surface area (Å²) in [5.74, 6) is 1.88. The van der Waals surface area contributed by atoms with Crippen LogP contribution in [0.4, 0.5) is 10.1 Å². The number of halogens is 1. The number of carbonyl (C=O) groups is 1. The van der Waals surface area contributed by atoms with E-state index in [1.165, 1.54) is 27.6 Å². The third-order valence-electron chi connectivity index (χ3n) is 4.44. The standard InChI is InChI=1S/C20H19FN2O3S/c1-3-11-22(14-15-4-7-18(21)8-5-15)20(24)17-6-9-19-16(13-17)10-12-23(19)27(2,25)26/h1,4-9,13H,10-12,14H2,2H3. The molecular formula is C20H19FN2O3S. The van der Waals surface area contributed by atoms with Crippen molar-refractivity contribution in [2.24, 2.45) is 0 Å². The van der Waals surface area contributed by atoms with Gasteiger partial charge in [-0.3, -0.25) is 9.10 Å². The molecule has 0 fully saturated rings. The molecule has 0 unspecified atom stereocenters. The Labute approximate surface area is 158 Å². The molecule has 3 rings (SSSR count). The lowest BCUT2D eigenvalue weighted by molar-refractivity contribution is 0.0765. The van der Waals surface area contributed by atoms with Crippen molar-refractivity contribution >= 4 is 21.6 Å². The first kappa shape index (κ1) is 18.9. The molecule has 140 valence electrons. The van der Waals surface area contributed by atoms with Crippen LogP contribution in [0.5, 0.6) is 0 Å². The topological polar surface area (TPSA) is 57.7 Å². The van der Waals surface area contributed by atoms with Crippen LogP contribution in [-0.2, 0) is 23.0 Å². The summed E-state index contributed by atoms with van der Waals surface area (Å²) in [6.45, 7) is 0.744. The highest BCUT2D eigenvalue weighted by Gasteiger charge is 2.27. The van der Waals surface area contributed by atoms with Gasteiger partial charge in [-0.15, -0.1) is 6.42 Å². The summed E-state index contributed by atoms with van der Waals surface area (Å²) in [6.07, 6.45) is 7.12. The van der Waals surface area contributed by atoms with Crippen molar-refractivity contribution in [1.82, 2.24) is 4.90 Å². The van der Waals surface area contributed by atoms with Gasteiger partial charge in [0.25, 0.3) is 5.91 Å². The van der Waals surface area contributed by atoms with E-state index in [0.29, 0.717) is 24.2 Å². The monoisotopic (exact) mass is 386 g/mol. The Morgan fingerprint density at radius 2 is 1.96 bits per heavy atom. The van der Waals surface area contributed by atoms with Gasteiger partial charge in [-0.1, -0.05) is 18.1 Å². The van der Waals surface area contributed by atoms with Gasteiger partial charge in [-0.2, -0.15) is 0 Å². The van der Waals surface area contributed by atoms with Crippen LogP contribution >= 0.6 is 0 Å². The Hall–Kier alpha value is -2.85. The fourth-order valence-corrected chi connectivity index (χ4v) is 4.11. The van der Waals surface area contributed by atoms with Gasteiger partial charge in [0.2, 0.25) is 10.0 Å². The molecule has 0 saturated heterocycles. The second-order valence-corrected chi connectivity index (χ2v) is 8.33. The summed E-state index contributed by atoms with van der Waals surface area (Å²) in [5, 5.41) is 0. The van der Waals surface area contributed by atoms with Gasteiger partial charge in [0.1, 0.15) is 5.82 Å². The summed E-state index contributed by atoms with van der Waals surface area (Å²) in [4.78, 5) is 14.4. The third-order valence-corrected chi connectivity index (χ3v) is 5.62. The zero-order chi connectivity index (χ0) is 19.6. The van der Waals surface area contributed by atoms with Crippen molar-refractivity contribution in [2.75, 3.05) is 23.7 Å². The lowest BCUT2D eigenvalue weighted by Gasteiger charge is -2.21. The molecule has 1 aliphatic heterocycles. The van der Waals surface area contributed by atoms with Crippen molar-refractivity contribution in [3.63, 3.8) is 0 Å². The molecule has 0 aliphatic carbocycles. The molecule has 1 aliphatic rings. The smallest absolute Gasteiger partial charge is 0.254 e. The first-order chi connectivity index (χ1) is 12.8. The van der Waals surface area contributed by atoms with E-state index in [4.69, 9.17) is 6.42 Å². The van der Waals surface area contributed by atoms with E-state index in [1.54, 1.807) is 30.3 Å². The number of carbonyl (C=O) groups excluding carboxylic acids is 1. The molecular weight excluding hydrogens is 367 g/mol. The normalized spacial score (nSPS) is 13.1. The Morgan fingerprint density at radius 3 is 2.59 bits per heavy atom. The quantitative estimate of drug-likeness (QED) is 0.742. The number of anilines is 1. The minimum Gasteiger partial charge on any atom is -0.323 e. The van der Waals surface area contributed by atoms with Crippen molar-refractivity contribution in [2.45, 2.75) is 13.0 Å². The Bertz CT molecular complexity index is 1010. The Balaban J connectivity index is 1.85. The number of rotatable bonds is 5. The number of hydrogen-bond donors (Lipinski definition) is 0. The van der Waals surface area contributed by atoms with Crippen molar-refractivity contribution < 1.29 is 17.6 Å². The molecule has 27 heavy (non-hydrogen) atoms. The average molecular weight is 386 g/mol.